The SMILES string of the molecule is COc1ncccc1-c1ccc(C(=O)NC2C3CCN(CC3)C2C)s1. The fourth-order valence-electron chi connectivity index (χ4n) is 4.11. The lowest BCUT2D eigenvalue weighted by Gasteiger charge is -2.49. The Morgan fingerprint density at radius 3 is 2.84 bits per heavy atom. The number of piperidine rings is 3. The summed E-state index contributed by atoms with van der Waals surface area (Å²) in [5.41, 5.74) is 0.922. The summed E-state index contributed by atoms with van der Waals surface area (Å²) >= 11 is 1.49. The van der Waals surface area contributed by atoms with Crippen LogP contribution in [-0.2, 0) is 0 Å². The smallest absolute Gasteiger partial charge is 0.261 e. The van der Waals surface area contributed by atoms with Crippen LogP contribution in [0.25, 0.3) is 10.4 Å². The molecule has 6 heteroatoms. The zero-order valence-corrected chi connectivity index (χ0v) is 15.4. The number of amides is 1. The second-order valence-corrected chi connectivity index (χ2v) is 7.92. The predicted octanol–water partition coefficient (Wildman–Crippen LogP) is 3.03. The number of carbonyl (C=O) groups excluding carboxylic acids is 1. The lowest BCUT2D eigenvalue weighted by Crippen LogP contribution is -2.62. The Morgan fingerprint density at radius 1 is 1.32 bits per heavy atom. The van der Waals surface area contributed by atoms with Gasteiger partial charge in [-0.1, -0.05) is 0 Å². The normalized spacial score (nSPS) is 27.9. The highest BCUT2D eigenvalue weighted by Gasteiger charge is 2.40. The van der Waals surface area contributed by atoms with Crippen molar-refractivity contribution < 1.29 is 9.53 Å². The minimum Gasteiger partial charge on any atom is -0.481 e. The van der Waals surface area contributed by atoms with Crippen molar-refractivity contribution in [3.05, 3.63) is 35.3 Å². The number of aromatic nitrogens is 1. The standard InChI is InChI=1S/C19H23N3O2S/c1-12-17(13-7-10-22(12)11-8-13)21-18(23)16-6-5-15(25-16)14-4-3-9-20-19(14)24-2/h3-6,9,12-13,17H,7-8,10-11H2,1-2H3,(H,21,23). The molecule has 3 saturated heterocycles. The molecule has 0 aliphatic carbocycles. The van der Waals surface area contributed by atoms with Gasteiger partial charge in [-0.25, -0.2) is 4.98 Å². The first kappa shape index (κ1) is 16.5. The van der Waals surface area contributed by atoms with Crippen LogP contribution in [0.15, 0.2) is 30.5 Å². The van der Waals surface area contributed by atoms with Crippen molar-refractivity contribution >= 4 is 17.2 Å². The number of thiophene rings is 1. The van der Waals surface area contributed by atoms with E-state index in [0.717, 1.165) is 15.3 Å². The molecule has 2 unspecified atom stereocenters. The van der Waals surface area contributed by atoms with E-state index in [2.05, 4.69) is 22.1 Å². The third kappa shape index (κ3) is 3.04. The molecule has 3 aliphatic rings. The number of hydrogen-bond donors (Lipinski definition) is 1. The first-order valence-corrected chi connectivity index (χ1v) is 9.63. The van der Waals surface area contributed by atoms with E-state index in [-0.39, 0.29) is 11.9 Å². The van der Waals surface area contributed by atoms with Crippen LogP contribution in [0.2, 0.25) is 0 Å². The van der Waals surface area contributed by atoms with Crippen molar-refractivity contribution in [3.8, 4) is 16.3 Å². The molecule has 132 valence electrons. The van der Waals surface area contributed by atoms with Gasteiger partial charge >= 0.3 is 0 Å². The van der Waals surface area contributed by atoms with E-state index in [0.29, 0.717) is 17.8 Å². The van der Waals surface area contributed by atoms with Gasteiger partial charge in [-0.3, -0.25) is 9.69 Å². The number of hydrogen-bond acceptors (Lipinski definition) is 5. The van der Waals surface area contributed by atoms with E-state index >= 15 is 0 Å². The van der Waals surface area contributed by atoms with E-state index in [1.165, 1.54) is 37.3 Å². The number of nitrogens with one attached hydrogen (secondary N) is 1. The zero-order valence-electron chi connectivity index (χ0n) is 14.6. The Bertz CT molecular complexity index is 766. The second kappa shape index (κ2) is 6.77. The van der Waals surface area contributed by atoms with Gasteiger partial charge in [0, 0.05) is 23.2 Å². The molecule has 1 N–H and O–H groups in total. The molecule has 0 radical (unpaired) electrons. The highest BCUT2D eigenvalue weighted by Crippen LogP contribution is 2.35. The first-order valence-electron chi connectivity index (χ1n) is 8.81. The summed E-state index contributed by atoms with van der Waals surface area (Å²) in [5.74, 6) is 1.23. The van der Waals surface area contributed by atoms with E-state index in [4.69, 9.17) is 4.74 Å². The van der Waals surface area contributed by atoms with Crippen molar-refractivity contribution in [1.82, 2.24) is 15.2 Å². The van der Waals surface area contributed by atoms with Crippen LogP contribution in [-0.4, -0.2) is 48.1 Å². The third-order valence-corrected chi connectivity index (χ3v) is 6.65. The lowest BCUT2D eigenvalue weighted by atomic mass is 9.79. The summed E-state index contributed by atoms with van der Waals surface area (Å²) in [7, 11) is 1.61. The van der Waals surface area contributed by atoms with E-state index in [1.54, 1.807) is 13.3 Å². The fraction of sp³-hybridized carbons (Fsp3) is 0.474. The maximum Gasteiger partial charge on any atom is 0.261 e. The minimum atomic E-state index is 0.0321. The number of nitrogens with zero attached hydrogens (tertiary/aromatic N) is 2. The van der Waals surface area contributed by atoms with E-state index in [9.17, 15) is 4.79 Å². The molecule has 0 aromatic carbocycles. The van der Waals surface area contributed by atoms with Gasteiger partial charge in [-0.15, -0.1) is 11.3 Å². The van der Waals surface area contributed by atoms with Gasteiger partial charge in [0.2, 0.25) is 5.88 Å². The Hall–Kier alpha value is -1.92. The Labute approximate surface area is 152 Å². The van der Waals surface area contributed by atoms with Crippen LogP contribution in [0.5, 0.6) is 5.88 Å². The average Bonchev–Trinajstić information content (AvgIpc) is 3.15. The second-order valence-electron chi connectivity index (χ2n) is 6.84. The summed E-state index contributed by atoms with van der Waals surface area (Å²) in [5, 5.41) is 3.29. The average molecular weight is 357 g/mol. The molecule has 2 atom stereocenters. The van der Waals surface area contributed by atoms with Crippen molar-refractivity contribution in [3.63, 3.8) is 0 Å². The molecule has 2 aromatic rings. The van der Waals surface area contributed by atoms with Gasteiger partial charge < -0.3 is 10.1 Å². The van der Waals surface area contributed by atoms with Crippen LogP contribution in [0.3, 0.4) is 0 Å². The molecule has 2 bridgehead atoms. The van der Waals surface area contributed by atoms with Crippen molar-refractivity contribution in [2.75, 3.05) is 20.2 Å². The highest BCUT2D eigenvalue weighted by molar-refractivity contribution is 7.17. The lowest BCUT2D eigenvalue weighted by molar-refractivity contribution is 0.0218. The van der Waals surface area contributed by atoms with E-state index < -0.39 is 0 Å². The number of fused-ring (bicyclic) bond motifs is 3. The van der Waals surface area contributed by atoms with Crippen LogP contribution < -0.4 is 10.1 Å². The molecule has 5 rings (SSSR count). The molecule has 1 amide bonds. The number of methoxy groups -OCH3 is 1. The predicted molar refractivity (Wildman–Crippen MR) is 99.1 cm³/mol. The van der Waals surface area contributed by atoms with Crippen LogP contribution in [0.1, 0.15) is 29.4 Å². The molecule has 2 aromatic heterocycles. The minimum absolute atomic E-state index is 0.0321. The highest BCUT2D eigenvalue weighted by atomic mass is 32.1. The Kier molecular flexibility index (Phi) is 4.48. The van der Waals surface area contributed by atoms with Gasteiger partial charge in [0.25, 0.3) is 5.91 Å². The van der Waals surface area contributed by atoms with Gasteiger partial charge in [0.1, 0.15) is 0 Å². The Balaban J connectivity index is 1.51. The van der Waals surface area contributed by atoms with Crippen LogP contribution >= 0.6 is 11.3 Å². The molecule has 5 nitrogen and oxygen atoms in total. The third-order valence-electron chi connectivity index (χ3n) is 5.54. The number of pyridine rings is 1. The monoisotopic (exact) mass is 357 g/mol. The summed E-state index contributed by atoms with van der Waals surface area (Å²) in [6.45, 7) is 4.57. The van der Waals surface area contributed by atoms with Gasteiger partial charge in [-0.2, -0.15) is 0 Å². The fourth-order valence-corrected chi connectivity index (χ4v) is 5.04. The van der Waals surface area contributed by atoms with Gasteiger partial charge in [-0.05, 0) is 63.0 Å². The largest absolute Gasteiger partial charge is 0.481 e. The zero-order chi connectivity index (χ0) is 17.4. The summed E-state index contributed by atoms with van der Waals surface area (Å²) in [6.07, 6.45) is 4.09. The maximum absolute atomic E-state index is 12.8. The Morgan fingerprint density at radius 2 is 2.12 bits per heavy atom. The molecular weight excluding hydrogens is 334 g/mol. The van der Waals surface area contributed by atoms with Gasteiger partial charge in [0.15, 0.2) is 0 Å². The number of carbonyl (C=O) groups is 1. The summed E-state index contributed by atoms with van der Waals surface area (Å²) in [6, 6.07) is 8.40. The van der Waals surface area contributed by atoms with Crippen molar-refractivity contribution in [2.45, 2.75) is 31.8 Å². The van der Waals surface area contributed by atoms with Crippen molar-refractivity contribution in [1.29, 1.82) is 0 Å². The summed E-state index contributed by atoms with van der Waals surface area (Å²) < 4.78 is 5.33. The van der Waals surface area contributed by atoms with E-state index in [1.807, 2.05) is 24.3 Å². The molecule has 3 fully saturated rings. The quantitative estimate of drug-likeness (QED) is 0.914. The molecule has 5 heterocycles. The number of rotatable bonds is 4. The maximum atomic E-state index is 12.8. The van der Waals surface area contributed by atoms with Gasteiger partial charge in [0.05, 0.1) is 17.6 Å². The molecular formula is C19H23N3O2S. The molecule has 0 saturated carbocycles. The molecule has 3 aliphatic heterocycles. The van der Waals surface area contributed by atoms with Crippen molar-refractivity contribution in [2.24, 2.45) is 5.92 Å². The van der Waals surface area contributed by atoms with Crippen LogP contribution in [0, 0.1) is 5.92 Å². The molecule has 0 spiro atoms. The number of ether oxygens (including phenoxy) is 1. The van der Waals surface area contributed by atoms with Crippen LogP contribution in [0.4, 0.5) is 0 Å². The first-order chi connectivity index (χ1) is 12.2. The topological polar surface area (TPSA) is 54.5 Å². The molecule has 25 heavy (non-hydrogen) atoms. The summed E-state index contributed by atoms with van der Waals surface area (Å²) in [4.78, 5) is 21.2.